The molecule has 1 aliphatic rings. The molecule has 0 N–H and O–H groups in total. The van der Waals surface area contributed by atoms with Gasteiger partial charge in [-0.1, -0.05) is 0 Å². The molecule has 0 saturated heterocycles. The van der Waals surface area contributed by atoms with Crippen LogP contribution in [0.15, 0.2) is 6.20 Å². The van der Waals surface area contributed by atoms with Crippen LogP contribution in [0.25, 0.3) is 0 Å². The second kappa shape index (κ2) is 2.94. The fraction of sp³-hybridized carbons (Fsp3) is 0.444. The van der Waals surface area contributed by atoms with Gasteiger partial charge in [0.2, 0.25) is 11.9 Å². The van der Waals surface area contributed by atoms with E-state index in [-0.39, 0.29) is 5.91 Å². The van der Waals surface area contributed by atoms with Gasteiger partial charge in [0.25, 0.3) is 0 Å². The molecule has 1 aromatic heterocycles. The molecule has 14 heavy (non-hydrogen) atoms. The van der Waals surface area contributed by atoms with Crippen LogP contribution >= 0.6 is 0 Å². The highest BCUT2D eigenvalue weighted by Crippen LogP contribution is 2.25. The molecular weight excluding hydrogens is 180 g/mol. The Kier molecular flexibility index (Phi) is 1.87. The van der Waals surface area contributed by atoms with Gasteiger partial charge in [0.05, 0.1) is 6.42 Å². The molecule has 0 spiro atoms. The first-order valence-corrected chi connectivity index (χ1v) is 4.39. The lowest BCUT2D eigenvalue weighted by Gasteiger charge is -2.13. The van der Waals surface area contributed by atoms with Crippen molar-refractivity contribution in [3.05, 3.63) is 11.8 Å². The number of fused-ring (bicyclic) bond motifs is 1. The summed E-state index contributed by atoms with van der Waals surface area (Å²) in [6.45, 7) is 0. The lowest BCUT2D eigenvalue weighted by Crippen LogP contribution is -2.22. The standard InChI is InChI=1S/C9H12N4O/c1-12(2)9-10-5-6-4-7(14)13(3)8(6)11-9/h5H,4H2,1-3H3. The van der Waals surface area contributed by atoms with Crippen molar-refractivity contribution < 1.29 is 4.79 Å². The average molecular weight is 192 g/mol. The summed E-state index contributed by atoms with van der Waals surface area (Å²) < 4.78 is 0. The Morgan fingerprint density at radius 1 is 1.50 bits per heavy atom. The van der Waals surface area contributed by atoms with E-state index in [1.54, 1.807) is 18.1 Å². The third-order valence-corrected chi connectivity index (χ3v) is 2.26. The van der Waals surface area contributed by atoms with Crippen molar-refractivity contribution in [2.75, 3.05) is 30.9 Å². The Bertz CT molecular complexity index is 388. The number of aromatic nitrogens is 2. The molecule has 0 bridgehead atoms. The van der Waals surface area contributed by atoms with E-state index < -0.39 is 0 Å². The normalized spacial score (nSPS) is 14.5. The molecule has 0 fully saturated rings. The Labute approximate surface area is 82.4 Å². The van der Waals surface area contributed by atoms with E-state index in [2.05, 4.69) is 9.97 Å². The highest BCUT2D eigenvalue weighted by atomic mass is 16.2. The van der Waals surface area contributed by atoms with Crippen molar-refractivity contribution in [1.82, 2.24) is 9.97 Å². The number of amides is 1. The fourth-order valence-electron chi connectivity index (χ4n) is 1.42. The quantitative estimate of drug-likeness (QED) is 0.631. The molecule has 1 amide bonds. The first kappa shape index (κ1) is 8.93. The summed E-state index contributed by atoms with van der Waals surface area (Å²) in [6, 6.07) is 0. The molecule has 0 aliphatic carbocycles. The summed E-state index contributed by atoms with van der Waals surface area (Å²) in [5.41, 5.74) is 0.906. The largest absolute Gasteiger partial charge is 0.347 e. The van der Waals surface area contributed by atoms with Crippen molar-refractivity contribution in [2.45, 2.75) is 6.42 Å². The van der Waals surface area contributed by atoms with Crippen LogP contribution in [0, 0.1) is 0 Å². The number of hydrogen-bond acceptors (Lipinski definition) is 4. The number of hydrogen-bond donors (Lipinski definition) is 0. The van der Waals surface area contributed by atoms with Gasteiger partial charge in [-0.05, 0) is 0 Å². The summed E-state index contributed by atoms with van der Waals surface area (Å²) in [5, 5.41) is 0. The second-order valence-corrected chi connectivity index (χ2v) is 3.54. The van der Waals surface area contributed by atoms with Gasteiger partial charge >= 0.3 is 0 Å². The van der Waals surface area contributed by atoms with Gasteiger partial charge in [-0.2, -0.15) is 4.98 Å². The van der Waals surface area contributed by atoms with Crippen LogP contribution < -0.4 is 9.80 Å². The Morgan fingerprint density at radius 2 is 2.21 bits per heavy atom. The minimum Gasteiger partial charge on any atom is -0.347 e. The second-order valence-electron chi connectivity index (χ2n) is 3.54. The van der Waals surface area contributed by atoms with E-state index in [0.29, 0.717) is 12.4 Å². The molecule has 0 atom stereocenters. The van der Waals surface area contributed by atoms with Crippen molar-refractivity contribution >= 4 is 17.7 Å². The predicted octanol–water partition coefficient (Wildman–Crippen LogP) is 0.0615. The predicted molar refractivity (Wildman–Crippen MR) is 53.5 cm³/mol. The van der Waals surface area contributed by atoms with Gasteiger partial charge in [-0.25, -0.2) is 4.98 Å². The number of carbonyl (C=O) groups is 1. The average Bonchev–Trinajstić information content (AvgIpc) is 2.43. The zero-order valence-electron chi connectivity index (χ0n) is 8.48. The van der Waals surface area contributed by atoms with Crippen LogP contribution in [0.2, 0.25) is 0 Å². The Morgan fingerprint density at radius 3 is 2.86 bits per heavy atom. The number of rotatable bonds is 1. The van der Waals surface area contributed by atoms with Crippen LogP contribution in [0.5, 0.6) is 0 Å². The van der Waals surface area contributed by atoms with Gasteiger partial charge < -0.3 is 4.90 Å². The molecule has 0 saturated carbocycles. The van der Waals surface area contributed by atoms with Gasteiger partial charge in [-0.15, -0.1) is 0 Å². The SMILES string of the molecule is CN(C)c1ncc2c(n1)N(C)C(=O)C2. The number of nitrogens with zero attached hydrogens (tertiary/aromatic N) is 4. The summed E-state index contributed by atoms with van der Waals surface area (Å²) in [5.74, 6) is 1.43. The van der Waals surface area contributed by atoms with E-state index in [4.69, 9.17) is 0 Å². The third kappa shape index (κ3) is 1.21. The number of anilines is 2. The first-order chi connectivity index (χ1) is 6.59. The molecule has 74 valence electrons. The highest BCUT2D eigenvalue weighted by Gasteiger charge is 2.26. The van der Waals surface area contributed by atoms with Gasteiger partial charge in [0.1, 0.15) is 5.82 Å². The lowest BCUT2D eigenvalue weighted by atomic mass is 10.3. The van der Waals surface area contributed by atoms with Crippen molar-refractivity contribution in [3.63, 3.8) is 0 Å². The summed E-state index contributed by atoms with van der Waals surface area (Å²) >= 11 is 0. The van der Waals surface area contributed by atoms with Crippen molar-refractivity contribution in [2.24, 2.45) is 0 Å². The van der Waals surface area contributed by atoms with E-state index in [0.717, 1.165) is 11.4 Å². The highest BCUT2D eigenvalue weighted by molar-refractivity contribution is 5.99. The smallest absolute Gasteiger partial charge is 0.232 e. The van der Waals surface area contributed by atoms with Crippen LogP contribution in [-0.2, 0) is 11.2 Å². The monoisotopic (exact) mass is 192 g/mol. The Balaban J connectivity index is 2.46. The van der Waals surface area contributed by atoms with Crippen LogP contribution in [0.1, 0.15) is 5.56 Å². The molecule has 1 aliphatic heterocycles. The molecule has 2 rings (SSSR count). The molecular formula is C9H12N4O. The lowest BCUT2D eigenvalue weighted by molar-refractivity contribution is -0.117. The van der Waals surface area contributed by atoms with Crippen LogP contribution in [-0.4, -0.2) is 37.0 Å². The van der Waals surface area contributed by atoms with E-state index >= 15 is 0 Å². The van der Waals surface area contributed by atoms with Crippen molar-refractivity contribution in [3.8, 4) is 0 Å². The van der Waals surface area contributed by atoms with E-state index in [9.17, 15) is 4.79 Å². The minimum atomic E-state index is 0.0743. The van der Waals surface area contributed by atoms with Gasteiger partial charge in [0.15, 0.2) is 0 Å². The molecule has 5 nitrogen and oxygen atoms in total. The molecule has 1 aromatic rings. The van der Waals surface area contributed by atoms with Crippen LogP contribution in [0.4, 0.5) is 11.8 Å². The van der Waals surface area contributed by atoms with E-state index in [1.807, 2.05) is 19.0 Å². The summed E-state index contributed by atoms with van der Waals surface area (Å²) in [7, 11) is 5.48. The molecule has 5 heteroatoms. The molecule has 0 aromatic carbocycles. The maximum Gasteiger partial charge on any atom is 0.232 e. The number of likely N-dealkylation sites (N-methyl/N-ethyl adjacent to an activating group) is 1. The zero-order chi connectivity index (χ0) is 10.3. The zero-order valence-corrected chi connectivity index (χ0v) is 8.48. The molecule has 0 unspecified atom stereocenters. The van der Waals surface area contributed by atoms with E-state index in [1.165, 1.54) is 0 Å². The molecule has 0 radical (unpaired) electrons. The summed E-state index contributed by atoms with van der Waals surface area (Å²) in [4.78, 5) is 23.2. The summed E-state index contributed by atoms with van der Waals surface area (Å²) in [6.07, 6.45) is 2.14. The minimum absolute atomic E-state index is 0.0743. The maximum atomic E-state index is 11.4. The molecule has 2 heterocycles. The van der Waals surface area contributed by atoms with Crippen molar-refractivity contribution in [1.29, 1.82) is 0 Å². The first-order valence-electron chi connectivity index (χ1n) is 4.39. The number of carbonyl (C=O) groups excluding carboxylic acids is 1. The van der Waals surface area contributed by atoms with Gasteiger partial charge in [-0.3, -0.25) is 9.69 Å². The maximum absolute atomic E-state index is 11.4. The third-order valence-electron chi connectivity index (χ3n) is 2.26. The Hall–Kier alpha value is -1.65. The van der Waals surface area contributed by atoms with Gasteiger partial charge in [0, 0.05) is 32.9 Å². The van der Waals surface area contributed by atoms with Crippen LogP contribution in [0.3, 0.4) is 0 Å². The topological polar surface area (TPSA) is 49.3 Å². The fourth-order valence-corrected chi connectivity index (χ4v) is 1.42.